The normalized spacial score (nSPS) is 14.1. The van der Waals surface area contributed by atoms with Gasteiger partial charge in [-0.1, -0.05) is 18.2 Å². The first-order valence-electron chi connectivity index (χ1n) is 8.49. The summed E-state index contributed by atoms with van der Waals surface area (Å²) in [4.78, 5) is 26.4. The highest BCUT2D eigenvalue weighted by atomic mass is 19.2. The van der Waals surface area contributed by atoms with Crippen LogP contribution in [0.2, 0.25) is 0 Å². The summed E-state index contributed by atoms with van der Waals surface area (Å²) < 4.78 is 27.2. The van der Waals surface area contributed by atoms with Gasteiger partial charge < -0.3 is 20.2 Å². The number of amides is 2. The highest BCUT2D eigenvalue weighted by Crippen LogP contribution is 2.22. The number of hydrogen-bond donors (Lipinski definition) is 2. The molecule has 1 aliphatic rings. The smallest absolute Gasteiger partial charge is 0.335 e. The van der Waals surface area contributed by atoms with E-state index in [1.54, 1.807) is 21.9 Å². The Hall–Kier alpha value is -3.16. The highest BCUT2D eigenvalue weighted by molar-refractivity contribution is 5.87. The third-order valence-corrected chi connectivity index (χ3v) is 4.48. The molecule has 142 valence electrons. The number of anilines is 1. The predicted molar refractivity (Wildman–Crippen MR) is 95.8 cm³/mol. The Kier molecular flexibility index (Phi) is 5.54. The maximum absolute atomic E-state index is 13.9. The number of carbonyl (C=O) groups is 2. The van der Waals surface area contributed by atoms with Crippen LogP contribution in [0.4, 0.5) is 19.3 Å². The molecule has 1 fully saturated rings. The number of benzene rings is 2. The lowest BCUT2D eigenvalue weighted by atomic mass is 10.1. The number of rotatable bonds is 4. The number of carboxylic acids is 1. The number of carbonyl (C=O) groups excluding carboxylic acids is 1. The lowest BCUT2D eigenvalue weighted by Crippen LogP contribution is -2.51. The van der Waals surface area contributed by atoms with Crippen molar-refractivity contribution in [3.8, 4) is 0 Å². The molecule has 0 aromatic heterocycles. The molecule has 0 spiro atoms. The summed E-state index contributed by atoms with van der Waals surface area (Å²) in [5, 5.41) is 11.7. The van der Waals surface area contributed by atoms with Gasteiger partial charge in [-0.2, -0.15) is 0 Å². The van der Waals surface area contributed by atoms with Crippen LogP contribution < -0.4 is 10.2 Å². The lowest BCUT2D eigenvalue weighted by molar-refractivity contribution is 0.0697. The van der Waals surface area contributed by atoms with Crippen LogP contribution in [0, 0.1) is 11.6 Å². The zero-order valence-electron chi connectivity index (χ0n) is 14.5. The van der Waals surface area contributed by atoms with Gasteiger partial charge in [-0.15, -0.1) is 0 Å². The van der Waals surface area contributed by atoms with Crippen LogP contribution in [0.15, 0.2) is 42.5 Å². The quantitative estimate of drug-likeness (QED) is 0.862. The Morgan fingerprint density at radius 2 is 1.67 bits per heavy atom. The van der Waals surface area contributed by atoms with Gasteiger partial charge in [-0.3, -0.25) is 0 Å². The van der Waals surface area contributed by atoms with Gasteiger partial charge in [-0.25, -0.2) is 18.4 Å². The topological polar surface area (TPSA) is 72.9 Å². The van der Waals surface area contributed by atoms with E-state index in [0.717, 1.165) is 11.6 Å². The summed E-state index contributed by atoms with van der Waals surface area (Å²) in [6.07, 6.45) is 0. The van der Waals surface area contributed by atoms with Crippen molar-refractivity contribution in [1.29, 1.82) is 0 Å². The molecule has 8 heteroatoms. The van der Waals surface area contributed by atoms with Crippen LogP contribution >= 0.6 is 0 Å². The molecule has 0 radical (unpaired) electrons. The maximum atomic E-state index is 13.9. The van der Waals surface area contributed by atoms with Gasteiger partial charge >= 0.3 is 12.0 Å². The molecule has 0 unspecified atom stereocenters. The van der Waals surface area contributed by atoms with Crippen molar-refractivity contribution in [2.24, 2.45) is 0 Å². The standard InChI is InChI=1S/C19H19F2N3O3/c20-15-2-1-3-16(17(15)21)23-8-10-24(11-9-23)19(27)22-12-13-4-6-14(7-5-13)18(25)26/h1-7H,8-12H2,(H,22,27)(H,25,26). The van der Waals surface area contributed by atoms with Crippen LogP contribution in [-0.4, -0.2) is 48.2 Å². The van der Waals surface area contributed by atoms with Crippen molar-refractivity contribution in [3.63, 3.8) is 0 Å². The molecule has 0 aliphatic carbocycles. The predicted octanol–water partition coefficient (Wildman–Crippen LogP) is 2.69. The third-order valence-electron chi connectivity index (χ3n) is 4.48. The maximum Gasteiger partial charge on any atom is 0.335 e. The molecule has 6 nitrogen and oxygen atoms in total. The number of hydrogen-bond acceptors (Lipinski definition) is 3. The van der Waals surface area contributed by atoms with Crippen LogP contribution in [0.3, 0.4) is 0 Å². The zero-order chi connectivity index (χ0) is 19.4. The van der Waals surface area contributed by atoms with Crippen LogP contribution in [0.5, 0.6) is 0 Å². The molecule has 1 saturated heterocycles. The summed E-state index contributed by atoms with van der Waals surface area (Å²) >= 11 is 0. The fourth-order valence-corrected chi connectivity index (χ4v) is 2.94. The molecule has 1 heterocycles. The average Bonchev–Trinajstić information content (AvgIpc) is 2.68. The second-order valence-corrected chi connectivity index (χ2v) is 6.21. The Bertz CT molecular complexity index is 835. The van der Waals surface area contributed by atoms with Gasteiger partial charge in [0.2, 0.25) is 0 Å². The van der Waals surface area contributed by atoms with E-state index in [0.29, 0.717) is 26.2 Å². The van der Waals surface area contributed by atoms with Crippen molar-refractivity contribution < 1.29 is 23.5 Å². The van der Waals surface area contributed by atoms with Crippen molar-refractivity contribution in [3.05, 3.63) is 65.2 Å². The average molecular weight is 375 g/mol. The lowest BCUT2D eigenvalue weighted by Gasteiger charge is -2.36. The number of nitrogens with one attached hydrogen (secondary N) is 1. The van der Waals surface area contributed by atoms with E-state index >= 15 is 0 Å². The summed E-state index contributed by atoms with van der Waals surface area (Å²) in [6, 6.07) is 10.1. The second-order valence-electron chi connectivity index (χ2n) is 6.21. The number of urea groups is 1. The molecule has 1 aliphatic heterocycles. The number of nitrogens with zero attached hydrogens (tertiary/aromatic N) is 2. The van der Waals surface area contributed by atoms with E-state index in [-0.39, 0.29) is 23.8 Å². The van der Waals surface area contributed by atoms with Crippen molar-refractivity contribution in [2.45, 2.75) is 6.54 Å². The largest absolute Gasteiger partial charge is 0.478 e. The fourth-order valence-electron chi connectivity index (χ4n) is 2.94. The van der Waals surface area contributed by atoms with Gasteiger partial charge in [0.05, 0.1) is 11.3 Å². The first-order chi connectivity index (χ1) is 13.0. The Morgan fingerprint density at radius 1 is 1.00 bits per heavy atom. The highest BCUT2D eigenvalue weighted by Gasteiger charge is 2.23. The number of halogens is 2. The zero-order valence-corrected chi connectivity index (χ0v) is 14.5. The minimum atomic E-state index is -1.00. The van der Waals surface area contributed by atoms with Crippen molar-refractivity contribution in [1.82, 2.24) is 10.2 Å². The molecule has 3 rings (SSSR count). The number of carboxylic acid groups (broad SMARTS) is 1. The minimum absolute atomic E-state index is 0.186. The molecule has 2 amide bonds. The van der Waals surface area contributed by atoms with Gasteiger partial charge in [0.25, 0.3) is 0 Å². The van der Waals surface area contributed by atoms with E-state index in [1.165, 1.54) is 24.3 Å². The molecule has 0 atom stereocenters. The van der Waals surface area contributed by atoms with Gasteiger partial charge in [-0.05, 0) is 29.8 Å². The summed E-state index contributed by atoms with van der Waals surface area (Å²) in [6.45, 7) is 1.86. The Labute approximate surface area is 155 Å². The van der Waals surface area contributed by atoms with Gasteiger partial charge in [0.15, 0.2) is 11.6 Å². The Balaban J connectivity index is 1.51. The molecular formula is C19H19F2N3O3. The molecule has 27 heavy (non-hydrogen) atoms. The molecule has 2 N–H and O–H groups in total. The summed E-state index contributed by atoms with van der Waals surface area (Å²) in [5.74, 6) is -2.76. The van der Waals surface area contributed by atoms with E-state index in [4.69, 9.17) is 5.11 Å². The number of aromatic carboxylic acids is 1. The van der Waals surface area contributed by atoms with E-state index in [1.807, 2.05) is 0 Å². The van der Waals surface area contributed by atoms with Crippen LogP contribution in [0.25, 0.3) is 0 Å². The first-order valence-corrected chi connectivity index (χ1v) is 8.49. The molecule has 2 aromatic rings. The molecular weight excluding hydrogens is 356 g/mol. The summed E-state index contributed by atoms with van der Waals surface area (Å²) in [5.41, 5.74) is 1.17. The van der Waals surface area contributed by atoms with E-state index in [2.05, 4.69) is 5.32 Å². The first kappa shape index (κ1) is 18.6. The monoisotopic (exact) mass is 375 g/mol. The number of piperazine rings is 1. The van der Waals surface area contributed by atoms with E-state index in [9.17, 15) is 18.4 Å². The van der Waals surface area contributed by atoms with Gasteiger partial charge in [0.1, 0.15) is 0 Å². The SMILES string of the molecule is O=C(O)c1ccc(CNC(=O)N2CCN(c3cccc(F)c3F)CC2)cc1. The fraction of sp³-hybridized carbons (Fsp3) is 0.263. The molecule has 0 saturated carbocycles. The van der Waals surface area contributed by atoms with Crippen LogP contribution in [0.1, 0.15) is 15.9 Å². The summed E-state index contributed by atoms with van der Waals surface area (Å²) in [7, 11) is 0. The second kappa shape index (κ2) is 8.03. The van der Waals surface area contributed by atoms with E-state index < -0.39 is 17.6 Å². The van der Waals surface area contributed by atoms with Crippen molar-refractivity contribution in [2.75, 3.05) is 31.1 Å². The van der Waals surface area contributed by atoms with Crippen molar-refractivity contribution >= 4 is 17.7 Å². The van der Waals surface area contributed by atoms with Crippen LogP contribution in [-0.2, 0) is 6.54 Å². The minimum Gasteiger partial charge on any atom is -0.478 e. The Morgan fingerprint density at radius 3 is 2.30 bits per heavy atom. The van der Waals surface area contributed by atoms with Gasteiger partial charge in [0, 0.05) is 32.7 Å². The third kappa shape index (κ3) is 4.33. The molecule has 2 aromatic carbocycles. The molecule has 0 bridgehead atoms.